The molecule has 8 aliphatic rings. The third-order valence-electron chi connectivity index (χ3n) is 17.6. The van der Waals surface area contributed by atoms with E-state index in [2.05, 4.69) is 4.90 Å². The second-order valence-corrected chi connectivity index (χ2v) is 23.5. The summed E-state index contributed by atoms with van der Waals surface area (Å²) in [6, 6.07) is 7.15. The molecule has 6 heterocycles. The lowest BCUT2D eigenvalue weighted by atomic mass is 9.75. The summed E-state index contributed by atoms with van der Waals surface area (Å²) >= 11 is 0. The van der Waals surface area contributed by atoms with Crippen molar-refractivity contribution >= 4 is 29.8 Å². The Morgan fingerprint density at radius 2 is 1.12 bits per heavy atom. The van der Waals surface area contributed by atoms with E-state index in [9.17, 15) is 39.6 Å². The number of esters is 4. The summed E-state index contributed by atoms with van der Waals surface area (Å²) < 4.78 is 58.6. The van der Waals surface area contributed by atoms with E-state index in [1.165, 1.54) is 28.1 Å². The standard InChI is InChI=1S/C57H72N2O19/c1-52(2,65)13-9-14-56(67,27-43(60)71-7)50(63)77-47-41(69-5)25-54-15-10-36(58(54)18-11-31-20-37-39(75-29-73-37)22-33(31)45(47)54)35-24-55-26-42(70-6)48(78-51(64)57(68,28-44(61)72-8)17-16-53(3,4)66)46(55)34-23-40-38(74-30-76-40)21-32(34)12-19-59(55)49(35)62/h20-23,25-26,35-36,45-48,65-68H,9-19,24,27-30H2,1-8H3/t35-,36-,45+,46+,47+,48+,54-,55-,56+,57+/m0/s1. The van der Waals surface area contributed by atoms with E-state index in [1.807, 2.05) is 41.3 Å². The van der Waals surface area contributed by atoms with Crippen molar-refractivity contribution in [3.63, 3.8) is 0 Å². The van der Waals surface area contributed by atoms with Crippen molar-refractivity contribution in [3.8, 4) is 23.0 Å². The van der Waals surface area contributed by atoms with E-state index in [0.717, 1.165) is 36.5 Å². The van der Waals surface area contributed by atoms with E-state index in [4.69, 9.17) is 47.4 Å². The minimum atomic E-state index is -2.42. The molecular formula is C57H72N2O19. The zero-order valence-corrected chi connectivity index (χ0v) is 45.5. The first-order valence-corrected chi connectivity index (χ1v) is 26.8. The summed E-state index contributed by atoms with van der Waals surface area (Å²) in [7, 11) is 5.23. The molecule has 78 heavy (non-hydrogen) atoms. The van der Waals surface area contributed by atoms with Crippen molar-refractivity contribution in [2.24, 2.45) is 5.92 Å². The third-order valence-corrected chi connectivity index (χ3v) is 17.6. The number of hydrogen-bond acceptors (Lipinski definition) is 20. The summed E-state index contributed by atoms with van der Waals surface area (Å²) in [4.78, 5) is 75.0. The molecule has 21 nitrogen and oxygen atoms in total. The Morgan fingerprint density at radius 1 is 0.641 bits per heavy atom. The number of carbonyl (C=O) groups excluding carboxylic acids is 5. The average Bonchev–Trinajstić information content (AvgIpc) is 4.36. The smallest absolute Gasteiger partial charge is 0.339 e. The third kappa shape index (κ3) is 9.59. The van der Waals surface area contributed by atoms with Crippen LogP contribution in [0.5, 0.6) is 23.0 Å². The number of hydrogen-bond donors (Lipinski definition) is 4. The maximum absolute atomic E-state index is 15.8. The van der Waals surface area contributed by atoms with Gasteiger partial charge >= 0.3 is 23.9 Å². The molecule has 424 valence electrons. The van der Waals surface area contributed by atoms with Crippen molar-refractivity contribution in [1.29, 1.82) is 0 Å². The van der Waals surface area contributed by atoms with Crippen LogP contribution >= 0.6 is 0 Å². The van der Waals surface area contributed by atoms with Gasteiger partial charge in [0.15, 0.2) is 46.4 Å². The van der Waals surface area contributed by atoms with Gasteiger partial charge in [0.1, 0.15) is 11.5 Å². The van der Waals surface area contributed by atoms with E-state index in [1.54, 1.807) is 13.8 Å². The van der Waals surface area contributed by atoms with Gasteiger partial charge in [0, 0.05) is 19.1 Å². The summed E-state index contributed by atoms with van der Waals surface area (Å²) in [5.41, 5.74) is -6.09. The van der Waals surface area contributed by atoms with Gasteiger partial charge in [0.05, 0.1) is 81.3 Å². The molecule has 2 aliphatic carbocycles. The highest BCUT2D eigenvalue weighted by Gasteiger charge is 2.68. The maximum atomic E-state index is 15.8. The number of rotatable bonds is 18. The first-order chi connectivity index (χ1) is 36.9. The maximum Gasteiger partial charge on any atom is 0.339 e. The predicted molar refractivity (Wildman–Crippen MR) is 272 cm³/mol. The van der Waals surface area contributed by atoms with Crippen molar-refractivity contribution in [1.82, 2.24) is 9.80 Å². The molecule has 2 aromatic carbocycles. The molecule has 21 heteroatoms. The van der Waals surface area contributed by atoms with Crippen molar-refractivity contribution in [2.75, 3.05) is 55.1 Å². The van der Waals surface area contributed by atoms with Gasteiger partial charge in [-0.2, -0.15) is 0 Å². The SMILES string of the molecule is COC(=O)C[C@](O)(CCC(C)(C)O)C(=O)O[C@@H]1C(OC)=C[C@]23C[C@@H]([C@@H]4CC[C@]56C=C(OC)[C@@H](OC(=O)[C@@](O)(CCCC(C)(C)O)CC(=O)OC)[C@H]5c5cc7c(cc5CCN46)OCO7)C(=O)N2CCc2cc4c(cc2[C@H]13)OCO4. The van der Waals surface area contributed by atoms with Crippen LogP contribution in [0.1, 0.15) is 126 Å². The molecule has 1 amide bonds. The highest BCUT2D eigenvalue weighted by Crippen LogP contribution is 2.62. The molecule has 0 saturated carbocycles. The molecule has 2 saturated heterocycles. The molecule has 10 rings (SSSR count). The highest BCUT2D eigenvalue weighted by molar-refractivity contribution is 5.88. The Kier molecular flexibility index (Phi) is 14.3. The number of nitrogens with zero attached hydrogens (tertiary/aromatic N) is 2. The minimum absolute atomic E-state index is 0.00789. The molecule has 0 bridgehead atoms. The summed E-state index contributed by atoms with van der Waals surface area (Å²) in [5.74, 6) is -3.63. The van der Waals surface area contributed by atoms with Crippen LogP contribution in [-0.2, 0) is 65.2 Å². The zero-order chi connectivity index (χ0) is 55.9. The largest absolute Gasteiger partial charge is 0.497 e. The Bertz CT molecular complexity index is 2820. The number of benzene rings is 2. The lowest BCUT2D eigenvalue weighted by Crippen LogP contribution is -2.53. The average molecular weight is 1090 g/mol. The predicted octanol–water partition coefficient (Wildman–Crippen LogP) is 3.91. The van der Waals surface area contributed by atoms with Crippen LogP contribution < -0.4 is 18.9 Å². The summed E-state index contributed by atoms with van der Waals surface area (Å²) in [6.45, 7) is 6.99. The molecule has 6 aliphatic heterocycles. The van der Waals surface area contributed by atoms with Gasteiger partial charge in [-0.25, -0.2) is 9.59 Å². The number of methoxy groups -OCH3 is 4. The minimum Gasteiger partial charge on any atom is -0.497 e. The Labute approximate surface area is 452 Å². The quantitative estimate of drug-likeness (QED) is 0.122. The normalized spacial score (nSPS) is 28.9. The topological polar surface area (TPSA) is 265 Å². The van der Waals surface area contributed by atoms with Gasteiger partial charge in [0.25, 0.3) is 0 Å². The summed E-state index contributed by atoms with van der Waals surface area (Å²) in [5, 5.41) is 45.4. The van der Waals surface area contributed by atoms with Gasteiger partial charge in [-0.1, -0.05) is 0 Å². The van der Waals surface area contributed by atoms with E-state index < -0.39 is 106 Å². The second-order valence-electron chi connectivity index (χ2n) is 23.5. The molecule has 0 aromatic heterocycles. The second kappa shape index (κ2) is 20.2. The van der Waals surface area contributed by atoms with E-state index in [-0.39, 0.29) is 70.3 Å². The molecule has 2 aromatic rings. The van der Waals surface area contributed by atoms with E-state index >= 15 is 4.79 Å². The first-order valence-electron chi connectivity index (χ1n) is 26.8. The Balaban J connectivity index is 1.03. The molecule has 4 N–H and O–H groups in total. The van der Waals surface area contributed by atoms with Crippen LogP contribution in [0.2, 0.25) is 0 Å². The molecule has 2 fully saturated rings. The molecule has 0 radical (unpaired) electrons. The number of carbonyl (C=O) groups is 5. The molecule has 2 spiro atoms. The van der Waals surface area contributed by atoms with Gasteiger partial charge in [-0.3, -0.25) is 19.3 Å². The van der Waals surface area contributed by atoms with Crippen LogP contribution in [-0.4, -0.2) is 167 Å². The molecule has 10 atom stereocenters. The van der Waals surface area contributed by atoms with Crippen molar-refractivity contribution in [3.05, 3.63) is 70.2 Å². The number of fused-ring (bicyclic) bond motifs is 6. The Morgan fingerprint density at radius 3 is 1.62 bits per heavy atom. The number of amides is 1. The lowest BCUT2D eigenvalue weighted by molar-refractivity contribution is -0.179. The monoisotopic (exact) mass is 1090 g/mol. The summed E-state index contributed by atoms with van der Waals surface area (Å²) in [6.07, 6.45) is 1.89. The van der Waals surface area contributed by atoms with E-state index in [0.29, 0.717) is 61.0 Å². The van der Waals surface area contributed by atoms with Crippen molar-refractivity contribution < 1.29 is 91.8 Å². The van der Waals surface area contributed by atoms with Crippen LogP contribution in [0.4, 0.5) is 0 Å². The van der Waals surface area contributed by atoms with Gasteiger partial charge in [0.2, 0.25) is 19.5 Å². The van der Waals surface area contributed by atoms with Gasteiger partial charge in [-0.05, 0) is 151 Å². The lowest BCUT2D eigenvalue weighted by Gasteiger charge is -2.42. The zero-order valence-electron chi connectivity index (χ0n) is 45.5. The van der Waals surface area contributed by atoms with Crippen LogP contribution in [0, 0.1) is 5.92 Å². The highest BCUT2D eigenvalue weighted by atomic mass is 16.7. The number of aliphatic hydroxyl groups is 4. The Hall–Kier alpha value is -6.13. The van der Waals surface area contributed by atoms with Gasteiger partial charge < -0.3 is 72.7 Å². The number of ether oxygens (including phenoxy) is 10. The molecular weight excluding hydrogens is 1020 g/mol. The fraction of sp³-hybridized carbons (Fsp3) is 0.632. The van der Waals surface area contributed by atoms with Gasteiger partial charge in [-0.15, -0.1) is 0 Å². The fourth-order valence-electron chi connectivity index (χ4n) is 13.8. The van der Waals surface area contributed by atoms with Crippen molar-refractivity contribution in [2.45, 2.75) is 168 Å². The van der Waals surface area contributed by atoms with Crippen LogP contribution in [0.15, 0.2) is 47.9 Å². The van der Waals surface area contributed by atoms with Crippen LogP contribution in [0.3, 0.4) is 0 Å². The van der Waals surface area contributed by atoms with Crippen LogP contribution in [0.25, 0.3) is 0 Å². The first kappa shape index (κ1) is 55.2. The fourth-order valence-corrected chi connectivity index (χ4v) is 13.8. The molecule has 0 unspecified atom stereocenters.